The van der Waals surface area contributed by atoms with E-state index in [0.717, 1.165) is 30.8 Å². The number of alkyl halides is 3. The third-order valence-electron chi connectivity index (χ3n) is 5.04. The third kappa shape index (κ3) is 4.65. The quantitative estimate of drug-likeness (QED) is 0.683. The Morgan fingerprint density at radius 3 is 2.55 bits per heavy atom. The number of hydrogen-bond donors (Lipinski definition) is 1. The Hall–Kier alpha value is -3.50. The van der Waals surface area contributed by atoms with Crippen LogP contribution in [0.4, 0.5) is 19.1 Å². The van der Waals surface area contributed by atoms with E-state index in [1.807, 2.05) is 19.1 Å². The Labute approximate surface area is 176 Å². The van der Waals surface area contributed by atoms with Crippen LogP contribution in [0.5, 0.6) is 0 Å². The number of rotatable bonds is 4. The summed E-state index contributed by atoms with van der Waals surface area (Å²) >= 11 is 0. The van der Waals surface area contributed by atoms with Crippen LogP contribution in [-0.2, 0) is 6.18 Å². The Morgan fingerprint density at radius 2 is 1.87 bits per heavy atom. The van der Waals surface area contributed by atoms with Crippen molar-refractivity contribution in [1.82, 2.24) is 29.9 Å². The summed E-state index contributed by atoms with van der Waals surface area (Å²) in [6.45, 7) is 2.87. The first-order chi connectivity index (χ1) is 14.8. The maximum absolute atomic E-state index is 13.3. The molecule has 0 radical (unpaired) electrons. The molecule has 1 unspecified atom stereocenters. The number of amides is 1. The number of piperidine rings is 1. The molecule has 3 heterocycles. The second kappa shape index (κ2) is 8.32. The van der Waals surface area contributed by atoms with Gasteiger partial charge in [0.1, 0.15) is 0 Å². The topological polar surface area (TPSA) is 88.8 Å². The molecule has 1 aromatic carbocycles. The molecule has 2 aromatic heterocycles. The van der Waals surface area contributed by atoms with Gasteiger partial charge in [-0.2, -0.15) is 28.2 Å². The highest BCUT2D eigenvalue weighted by Gasteiger charge is 2.32. The standard InChI is InChI=1S/C20H20F3N7O/c1-13-4-5-16(17(9-13)30-26-6-7-27-30)18(31)29-8-2-3-15(12-29)28-19-24-10-14(11-25-19)20(21,22)23/h4-7,9-11,15H,2-3,8,12H2,1H3,(H,24,25,28). The van der Waals surface area contributed by atoms with E-state index in [2.05, 4.69) is 25.5 Å². The summed E-state index contributed by atoms with van der Waals surface area (Å²) < 4.78 is 38.1. The highest BCUT2D eigenvalue weighted by Crippen LogP contribution is 2.28. The normalized spacial score (nSPS) is 16.9. The zero-order chi connectivity index (χ0) is 22.0. The number of nitrogens with one attached hydrogen (secondary N) is 1. The Bertz CT molecular complexity index is 1050. The lowest BCUT2D eigenvalue weighted by Crippen LogP contribution is -2.45. The number of benzene rings is 1. The van der Waals surface area contributed by atoms with Crippen LogP contribution in [0.2, 0.25) is 0 Å². The first-order valence-electron chi connectivity index (χ1n) is 9.73. The molecule has 3 aromatic rings. The molecule has 0 spiro atoms. The minimum atomic E-state index is -4.48. The fourth-order valence-electron chi connectivity index (χ4n) is 3.51. The van der Waals surface area contributed by atoms with Crippen molar-refractivity contribution >= 4 is 11.9 Å². The van der Waals surface area contributed by atoms with Crippen molar-refractivity contribution in [3.63, 3.8) is 0 Å². The summed E-state index contributed by atoms with van der Waals surface area (Å²) in [4.78, 5) is 23.9. The number of nitrogens with zero attached hydrogens (tertiary/aromatic N) is 6. The van der Waals surface area contributed by atoms with Gasteiger partial charge in [0.05, 0.1) is 29.2 Å². The monoisotopic (exact) mass is 431 g/mol. The van der Waals surface area contributed by atoms with Crippen molar-refractivity contribution < 1.29 is 18.0 Å². The number of anilines is 1. The van der Waals surface area contributed by atoms with Gasteiger partial charge < -0.3 is 10.2 Å². The van der Waals surface area contributed by atoms with Gasteiger partial charge in [-0.05, 0) is 37.5 Å². The van der Waals surface area contributed by atoms with Gasteiger partial charge in [-0.25, -0.2) is 9.97 Å². The number of likely N-dealkylation sites (tertiary alicyclic amines) is 1. The van der Waals surface area contributed by atoms with E-state index in [-0.39, 0.29) is 17.9 Å². The molecule has 1 atom stereocenters. The van der Waals surface area contributed by atoms with Gasteiger partial charge in [0.25, 0.3) is 5.91 Å². The summed E-state index contributed by atoms with van der Waals surface area (Å²) in [6, 6.07) is 5.29. The molecule has 1 aliphatic heterocycles. The SMILES string of the molecule is Cc1ccc(C(=O)N2CCCC(Nc3ncc(C(F)(F)F)cn3)C2)c(-n2nccn2)c1. The molecule has 1 amide bonds. The molecular formula is C20H20F3N7O. The predicted octanol–water partition coefficient (Wildman–Crippen LogP) is 3.10. The zero-order valence-corrected chi connectivity index (χ0v) is 16.7. The summed E-state index contributed by atoms with van der Waals surface area (Å²) in [5.41, 5.74) is 1.14. The largest absolute Gasteiger partial charge is 0.419 e. The van der Waals surface area contributed by atoms with Gasteiger partial charge in [0, 0.05) is 31.5 Å². The number of halogens is 3. The molecule has 31 heavy (non-hydrogen) atoms. The number of hydrogen-bond acceptors (Lipinski definition) is 6. The molecule has 8 nitrogen and oxygen atoms in total. The first kappa shape index (κ1) is 20.8. The number of aryl methyl sites for hydroxylation is 1. The molecule has 1 N–H and O–H groups in total. The summed E-state index contributed by atoms with van der Waals surface area (Å²) in [7, 11) is 0. The molecule has 0 saturated carbocycles. The van der Waals surface area contributed by atoms with Crippen LogP contribution in [0.15, 0.2) is 43.0 Å². The van der Waals surface area contributed by atoms with Gasteiger partial charge in [-0.15, -0.1) is 0 Å². The summed E-state index contributed by atoms with van der Waals surface area (Å²) in [5, 5.41) is 11.3. The highest BCUT2D eigenvalue weighted by molar-refractivity contribution is 5.98. The zero-order valence-electron chi connectivity index (χ0n) is 16.7. The van der Waals surface area contributed by atoms with Crippen LogP contribution in [0.25, 0.3) is 5.69 Å². The molecule has 0 aliphatic carbocycles. The fraction of sp³-hybridized carbons (Fsp3) is 0.350. The predicted molar refractivity (Wildman–Crippen MR) is 106 cm³/mol. The molecule has 4 rings (SSSR count). The Morgan fingerprint density at radius 1 is 1.16 bits per heavy atom. The van der Waals surface area contributed by atoms with Crippen molar-refractivity contribution in [2.45, 2.75) is 32.0 Å². The second-order valence-corrected chi connectivity index (χ2v) is 7.37. The van der Waals surface area contributed by atoms with Crippen molar-refractivity contribution in [1.29, 1.82) is 0 Å². The minimum absolute atomic E-state index is 0.101. The van der Waals surface area contributed by atoms with Crippen molar-refractivity contribution in [2.24, 2.45) is 0 Å². The average Bonchev–Trinajstić information content (AvgIpc) is 3.28. The third-order valence-corrected chi connectivity index (χ3v) is 5.04. The number of carbonyl (C=O) groups excluding carboxylic acids is 1. The lowest BCUT2D eigenvalue weighted by Gasteiger charge is -2.33. The smallest absolute Gasteiger partial charge is 0.350 e. The maximum Gasteiger partial charge on any atom is 0.419 e. The van der Waals surface area contributed by atoms with Crippen LogP contribution in [0, 0.1) is 6.92 Å². The first-order valence-corrected chi connectivity index (χ1v) is 9.73. The Kier molecular flexibility index (Phi) is 5.57. The number of carbonyl (C=O) groups is 1. The van der Waals surface area contributed by atoms with Gasteiger partial charge >= 0.3 is 6.18 Å². The molecule has 1 aliphatic rings. The summed E-state index contributed by atoms with van der Waals surface area (Å²) in [5.74, 6) is -0.0591. The fourth-order valence-corrected chi connectivity index (χ4v) is 3.51. The van der Waals surface area contributed by atoms with Gasteiger partial charge in [-0.3, -0.25) is 4.79 Å². The molecule has 11 heteroatoms. The second-order valence-electron chi connectivity index (χ2n) is 7.37. The minimum Gasteiger partial charge on any atom is -0.350 e. The van der Waals surface area contributed by atoms with Crippen LogP contribution < -0.4 is 5.32 Å². The van der Waals surface area contributed by atoms with Gasteiger partial charge in [-0.1, -0.05) is 6.07 Å². The van der Waals surface area contributed by atoms with E-state index in [0.29, 0.717) is 24.3 Å². The highest BCUT2D eigenvalue weighted by atomic mass is 19.4. The summed E-state index contributed by atoms with van der Waals surface area (Å²) in [6.07, 6.45) is 1.58. The van der Waals surface area contributed by atoms with Crippen molar-refractivity contribution in [2.75, 3.05) is 18.4 Å². The number of aromatic nitrogens is 5. The molecule has 0 bridgehead atoms. The maximum atomic E-state index is 13.3. The van der Waals surface area contributed by atoms with Gasteiger partial charge in [0.2, 0.25) is 5.95 Å². The molecule has 1 saturated heterocycles. The lowest BCUT2D eigenvalue weighted by molar-refractivity contribution is -0.138. The van der Waals surface area contributed by atoms with E-state index in [1.54, 1.807) is 23.4 Å². The van der Waals surface area contributed by atoms with E-state index in [4.69, 9.17) is 0 Å². The van der Waals surface area contributed by atoms with Crippen LogP contribution >= 0.6 is 0 Å². The van der Waals surface area contributed by atoms with Crippen molar-refractivity contribution in [3.05, 3.63) is 59.7 Å². The van der Waals surface area contributed by atoms with Crippen molar-refractivity contribution in [3.8, 4) is 5.69 Å². The van der Waals surface area contributed by atoms with Crippen LogP contribution in [0.3, 0.4) is 0 Å². The van der Waals surface area contributed by atoms with E-state index >= 15 is 0 Å². The van der Waals surface area contributed by atoms with Gasteiger partial charge in [0.15, 0.2) is 0 Å². The van der Waals surface area contributed by atoms with Crippen LogP contribution in [-0.4, -0.2) is 54.9 Å². The lowest BCUT2D eigenvalue weighted by atomic mass is 10.0. The molecule has 1 fully saturated rings. The molecular weight excluding hydrogens is 411 g/mol. The molecule has 162 valence electrons. The Balaban J connectivity index is 1.49. The average molecular weight is 431 g/mol. The van der Waals surface area contributed by atoms with E-state index < -0.39 is 11.7 Å². The van der Waals surface area contributed by atoms with E-state index in [9.17, 15) is 18.0 Å². The van der Waals surface area contributed by atoms with Crippen LogP contribution in [0.1, 0.15) is 34.3 Å². The van der Waals surface area contributed by atoms with E-state index in [1.165, 1.54) is 4.80 Å².